The topological polar surface area (TPSA) is 29.9 Å². The van der Waals surface area contributed by atoms with Gasteiger partial charge in [0, 0.05) is 24.4 Å². The number of nitrogens with zero attached hydrogens (tertiary/aromatic N) is 2. The first-order chi connectivity index (χ1) is 8.70. The summed E-state index contributed by atoms with van der Waals surface area (Å²) in [6.07, 6.45) is 3.39. The summed E-state index contributed by atoms with van der Waals surface area (Å²) in [4.78, 5) is 4.04. The van der Waals surface area contributed by atoms with Gasteiger partial charge in [0.05, 0.1) is 18.6 Å². The van der Waals surface area contributed by atoms with Crippen molar-refractivity contribution in [3.8, 4) is 0 Å². The summed E-state index contributed by atoms with van der Waals surface area (Å²) < 4.78 is 28.2. The molecule has 0 unspecified atom stereocenters. The Balaban J connectivity index is 2.15. The highest BCUT2D eigenvalue weighted by atomic mass is 19.1. The molecule has 1 aromatic carbocycles. The number of benzene rings is 1. The van der Waals surface area contributed by atoms with Crippen LogP contribution in [0.25, 0.3) is 0 Å². The number of hydrogen-bond donors (Lipinski definition) is 1. The van der Waals surface area contributed by atoms with Crippen LogP contribution in [0.15, 0.2) is 30.7 Å². The van der Waals surface area contributed by atoms with E-state index in [2.05, 4.69) is 10.3 Å². The number of rotatable bonds is 5. The first-order valence-electron chi connectivity index (χ1n) is 5.84. The van der Waals surface area contributed by atoms with Crippen molar-refractivity contribution in [1.29, 1.82) is 0 Å². The van der Waals surface area contributed by atoms with Gasteiger partial charge in [-0.1, -0.05) is 13.0 Å². The van der Waals surface area contributed by atoms with E-state index in [0.717, 1.165) is 18.3 Å². The Bertz CT molecular complexity index is 523. The summed E-state index contributed by atoms with van der Waals surface area (Å²) >= 11 is 0. The molecule has 2 rings (SSSR count). The van der Waals surface area contributed by atoms with Gasteiger partial charge in [0.1, 0.15) is 11.6 Å². The van der Waals surface area contributed by atoms with Crippen LogP contribution in [0.5, 0.6) is 0 Å². The Morgan fingerprint density at radius 3 is 2.89 bits per heavy atom. The van der Waals surface area contributed by atoms with Crippen LogP contribution < -0.4 is 5.32 Å². The maximum Gasteiger partial charge on any atom is 0.131 e. The van der Waals surface area contributed by atoms with Crippen molar-refractivity contribution in [3.63, 3.8) is 0 Å². The smallest absolute Gasteiger partial charge is 0.131 e. The van der Waals surface area contributed by atoms with E-state index in [4.69, 9.17) is 0 Å². The van der Waals surface area contributed by atoms with E-state index in [0.29, 0.717) is 18.7 Å². The van der Waals surface area contributed by atoms with Gasteiger partial charge >= 0.3 is 0 Å². The lowest BCUT2D eigenvalue weighted by molar-refractivity contribution is 0.562. The predicted molar refractivity (Wildman–Crippen MR) is 65.1 cm³/mol. The molecule has 0 aliphatic carbocycles. The molecule has 5 heteroatoms. The van der Waals surface area contributed by atoms with Crippen LogP contribution in [-0.4, -0.2) is 16.1 Å². The molecule has 0 fully saturated rings. The van der Waals surface area contributed by atoms with E-state index in [-0.39, 0.29) is 0 Å². The summed E-state index contributed by atoms with van der Waals surface area (Å²) in [7, 11) is 0. The highest BCUT2D eigenvalue weighted by Gasteiger charge is 2.07. The molecular weight excluding hydrogens is 236 g/mol. The van der Waals surface area contributed by atoms with E-state index in [9.17, 15) is 8.78 Å². The molecule has 0 amide bonds. The molecule has 0 saturated carbocycles. The van der Waals surface area contributed by atoms with Crippen molar-refractivity contribution >= 4 is 0 Å². The second-order valence-corrected chi connectivity index (χ2v) is 4.03. The highest BCUT2D eigenvalue weighted by molar-refractivity contribution is 5.19. The third-order valence-electron chi connectivity index (χ3n) is 2.71. The maximum absolute atomic E-state index is 13.5. The number of imidazole rings is 1. The van der Waals surface area contributed by atoms with Gasteiger partial charge < -0.3 is 9.88 Å². The Morgan fingerprint density at radius 1 is 1.33 bits per heavy atom. The molecule has 0 bridgehead atoms. The molecule has 0 aliphatic heterocycles. The minimum atomic E-state index is -0.560. The molecule has 1 heterocycles. The standard InChI is InChI=1S/C13H15F2N3/c1-2-16-6-12-7-17-9-18(12)8-10-3-4-11(14)5-13(10)15/h3-5,7,9,16H,2,6,8H2,1H3. The van der Waals surface area contributed by atoms with Crippen LogP contribution >= 0.6 is 0 Å². The summed E-state index contributed by atoms with van der Waals surface area (Å²) in [5.41, 5.74) is 1.42. The van der Waals surface area contributed by atoms with E-state index in [1.165, 1.54) is 12.1 Å². The van der Waals surface area contributed by atoms with Crippen molar-refractivity contribution in [1.82, 2.24) is 14.9 Å². The van der Waals surface area contributed by atoms with Crippen molar-refractivity contribution < 1.29 is 8.78 Å². The Hall–Kier alpha value is -1.75. The summed E-state index contributed by atoms with van der Waals surface area (Å²) in [5, 5.41) is 3.19. The number of halogens is 2. The van der Waals surface area contributed by atoms with Gasteiger partial charge in [-0.15, -0.1) is 0 Å². The fourth-order valence-electron chi connectivity index (χ4n) is 1.72. The quantitative estimate of drug-likeness (QED) is 0.883. The molecule has 0 spiro atoms. The molecule has 2 aromatic rings. The molecule has 3 nitrogen and oxygen atoms in total. The van der Waals surface area contributed by atoms with Gasteiger partial charge in [-0.05, 0) is 12.6 Å². The maximum atomic E-state index is 13.5. The lowest BCUT2D eigenvalue weighted by atomic mass is 10.2. The van der Waals surface area contributed by atoms with E-state index in [1.54, 1.807) is 12.5 Å². The highest BCUT2D eigenvalue weighted by Crippen LogP contribution is 2.12. The largest absolute Gasteiger partial charge is 0.329 e. The van der Waals surface area contributed by atoms with Crippen molar-refractivity contribution in [3.05, 3.63) is 53.6 Å². The summed E-state index contributed by atoms with van der Waals surface area (Å²) in [6, 6.07) is 3.62. The molecule has 96 valence electrons. The zero-order valence-electron chi connectivity index (χ0n) is 10.2. The zero-order chi connectivity index (χ0) is 13.0. The first-order valence-corrected chi connectivity index (χ1v) is 5.84. The minimum Gasteiger partial charge on any atom is -0.329 e. The van der Waals surface area contributed by atoms with Crippen LogP contribution in [0.3, 0.4) is 0 Å². The van der Waals surface area contributed by atoms with Crippen molar-refractivity contribution in [2.45, 2.75) is 20.0 Å². The lowest BCUT2D eigenvalue weighted by Crippen LogP contribution is -2.15. The molecule has 0 aliphatic rings. The molecule has 18 heavy (non-hydrogen) atoms. The fourth-order valence-corrected chi connectivity index (χ4v) is 1.72. The third-order valence-corrected chi connectivity index (χ3v) is 2.71. The normalized spacial score (nSPS) is 10.8. The van der Waals surface area contributed by atoms with Crippen molar-refractivity contribution in [2.75, 3.05) is 6.54 Å². The summed E-state index contributed by atoms with van der Waals surface area (Å²) in [6.45, 7) is 3.91. The zero-order valence-corrected chi connectivity index (χ0v) is 10.2. The number of nitrogens with one attached hydrogen (secondary N) is 1. The van der Waals surface area contributed by atoms with Gasteiger partial charge in [0.2, 0.25) is 0 Å². The van der Waals surface area contributed by atoms with Crippen molar-refractivity contribution in [2.24, 2.45) is 0 Å². The van der Waals surface area contributed by atoms with Crippen LogP contribution in [0.2, 0.25) is 0 Å². The number of hydrogen-bond acceptors (Lipinski definition) is 2. The first kappa shape index (κ1) is 12.7. The Morgan fingerprint density at radius 2 is 2.17 bits per heavy atom. The number of aromatic nitrogens is 2. The molecule has 1 aromatic heterocycles. The Kier molecular flexibility index (Phi) is 4.04. The second kappa shape index (κ2) is 5.73. The van der Waals surface area contributed by atoms with Crippen LogP contribution in [-0.2, 0) is 13.1 Å². The predicted octanol–water partition coefficient (Wildman–Crippen LogP) is 2.32. The average molecular weight is 251 g/mol. The monoisotopic (exact) mass is 251 g/mol. The van der Waals surface area contributed by atoms with Gasteiger partial charge in [0.25, 0.3) is 0 Å². The van der Waals surface area contributed by atoms with Gasteiger partial charge in [-0.3, -0.25) is 0 Å². The minimum absolute atomic E-state index is 0.354. The van der Waals surface area contributed by atoms with Crippen LogP contribution in [0.4, 0.5) is 8.78 Å². The van der Waals surface area contributed by atoms with Crippen LogP contribution in [0.1, 0.15) is 18.2 Å². The Labute approximate surface area is 104 Å². The molecule has 0 saturated heterocycles. The second-order valence-electron chi connectivity index (χ2n) is 4.03. The average Bonchev–Trinajstić information content (AvgIpc) is 2.77. The van der Waals surface area contributed by atoms with E-state index in [1.807, 2.05) is 11.5 Å². The molecule has 0 atom stereocenters. The van der Waals surface area contributed by atoms with Gasteiger partial charge in [-0.25, -0.2) is 13.8 Å². The molecule has 1 N–H and O–H groups in total. The van der Waals surface area contributed by atoms with E-state index < -0.39 is 11.6 Å². The lowest BCUT2D eigenvalue weighted by Gasteiger charge is -2.09. The fraction of sp³-hybridized carbons (Fsp3) is 0.308. The van der Waals surface area contributed by atoms with Crippen LogP contribution in [0, 0.1) is 11.6 Å². The van der Waals surface area contributed by atoms with Gasteiger partial charge in [-0.2, -0.15) is 0 Å². The van der Waals surface area contributed by atoms with Gasteiger partial charge in [0.15, 0.2) is 0 Å². The SMILES string of the molecule is CCNCc1cncn1Cc1ccc(F)cc1F. The summed E-state index contributed by atoms with van der Waals surface area (Å²) in [5.74, 6) is -1.09. The van der Waals surface area contributed by atoms with E-state index >= 15 is 0 Å². The molecular formula is C13H15F2N3. The molecule has 0 radical (unpaired) electrons. The third kappa shape index (κ3) is 2.92.